The molecule has 0 bridgehead atoms. The van der Waals surface area contributed by atoms with Gasteiger partial charge in [-0.05, 0) is 24.5 Å². The van der Waals surface area contributed by atoms with Crippen LogP contribution in [0.1, 0.15) is 25.3 Å². The summed E-state index contributed by atoms with van der Waals surface area (Å²) >= 11 is 0. The fraction of sp³-hybridized carbons (Fsp3) is 0.538. The van der Waals surface area contributed by atoms with Crippen molar-refractivity contribution in [2.24, 2.45) is 0 Å². The first-order valence-electron chi connectivity index (χ1n) is 6.42. The highest BCUT2D eigenvalue weighted by Crippen LogP contribution is 2.21. The van der Waals surface area contributed by atoms with Crippen LogP contribution in [0.25, 0.3) is 0 Å². The molecule has 1 aliphatic rings. The third-order valence-corrected chi connectivity index (χ3v) is 4.65. The van der Waals surface area contributed by atoms with Crippen molar-refractivity contribution in [2.45, 2.75) is 32.2 Å². The summed E-state index contributed by atoms with van der Waals surface area (Å²) in [5.74, 6) is 0.224. The average molecular weight is 268 g/mol. The van der Waals surface area contributed by atoms with Crippen LogP contribution in [0, 0.1) is 0 Å². The Kier molecular flexibility index (Phi) is 4.24. The molecule has 0 aliphatic carbocycles. The maximum absolute atomic E-state index is 11.8. The molecule has 5 heteroatoms. The number of anilines is 1. The largest absolute Gasteiger partial charge is 0.383 e. The van der Waals surface area contributed by atoms with Crippen molar-refractivity contribution in [3.05, 3.63) is 29.8 Å². The fourth-order valence-corrected chi connectivity index (χ4v) is 3.63. The SMILES string of the molecule is CCCCS(=O)(=O)NC1CNc2ccccc2C1. The second kappa shape index (κ2) is 5.71. The Hall–Kier alpha value is -1.07. The van der Waals surface area contributed by atoms with E-state index in [0.29, 0.717) is 13.0 Å². The molecule has 0 saturated carbocycles. The Morgan fingerprint density at radius 1 is 1.39 bits per heavy atom. The van der Waals surface area contributed by atoms with Crippen LogP contribution in [0.3, 0.4) is 0 Å². The van der Waals surface area contributed by atoms with E-state index in [1.54, 1.807) is 0 Å². The Morgan fingerprint density at radius 3 is 2.94 bits per heavy atom. The molecule has 1 aromatic rings. The summed E-state index contributed by atoms with van der Waals surface area (Å²) in [5.41, 5.74) is 2.29. The van der Waals surface area contributed by atoms with E-state index < -0.39 is 10.0 Å². The molecule has 0 spiro atoms. The minimum Gasteiger partial charge on any atom is -0.383 e. The summed E-state index contributed by atoms with van der Waals surface area (Å²) in [6.07, 6.45) is 2.37. The van der Waals surface area contributed by atoms with Crippen molar-refractivity contribution in [1.82, 2.24) is 4.72 Å². The highest BCUT2D eigenvalue weighted by Gasteiger charge is 2.22. The number of hydrogen-bond donors (Lipinski definition) is 2. The van der Waals surface area contributed by atoms with Gasteiger partial charge >= 0.3 is 0 Å². The maximum atomic E-state index is 11.8. The van der Waals surface area contributed by atoms with Crippen molar-refractivity contribution in [1.29, 1.82) is 0 Å². The normalized spacial score (nSPS) is 19.1. The number of benzene rings is 1. The molecule has 2 N–H and O–H groups in total. The van der Waals surface area contributed by atoms with E-state index in [1.807, 2.05) is 31.2 Å². The van der Waals surface area contributed by atoms with Gasteiger partial charge in [0.15, 0.2) is 0 Å². The number of nitrogens with one attached hydrogen (secondary N) is 2. The van der Waals surface area contributed by atoms with Crippen molar-refractivity contribution >= 4 is 15.7 Å². The lowest BCUT2D eigenvalue weighted by Crippen LogP contribution is -2.44. The summed E-state index contributed by atoms with van der Waals surface area (Å²) in [5, 5.41) is 3.26. The molecule has 0 amide bonds. The van der Waals surface area contributed by atoms with Crippen molar-refractivity contribution in [3.63, 3.8) is 0 Å². The lowest BCUT2D eigenvalue weighted by atomic mass is 10.0. The molecule has 1 heterocycles. The van der Waals surface area contributed by atoms with Gasteiger partial charge < -0.3 is 5.32 Å². The second-order valence-electron chi connectivity index (χ2n) is 4.73. The minimum atomic E-state index is -3.14. The Balaban J connectivity index is 1.97. The first-order valence-corrected chi connectivity index (χ1v) is 8.08. The summed E-state index contributed by atoms with van der Waals surface area (Å²) in [4.78, 5) is 0. The molecule has 0 saturated heterocycles. The van der Waals surface area contributed by atoms with E-state index in [1.165, 1.54) is 5.56 Å². The topological polar surface area (TPSA) is 58.2 Å². The maximum Gasteiger partial charge on any atom is 0.211 e. The number of hydrogen-bond acceptors (Lipinski definition) is 3. The van der Waals surface area contributed by atoms with E-state index in [0.717, 1.165) is 18.5 Å². The predicted molar refractivity (Wildman–Crippen MR) is 74.3 cm³/mol. The highest BCUT2D eigenvalue weighted by atomic mass is 32.2. The van der Waals surface area contributed by atoms with Crippen LogP contribution in [0.15, 0.2) is 24.3 Å². The van der Waals surface area contributed by atoms with E-state index in [2.05, 4.69) is 10.0 Å². The Labute approximate surface area is 109 Å². The van der Waals surface area contributed by atoms with Crippen LogP contribution >= 0.6 is 0 Å². The van der Waals surface area contributed by atoms with E-state index in [4.69, 9.17) is 0 Å². The molecule has 1 aliphatic heterocycles. The van der Waals surface area contributed by atoms with Crippen molar-refractivity contribution in [2.75, 3.05) is 17.6 Å². The molecule has 2 rings (SSSR count). The van der Waals surface area contributed by atoms with Gasteiger partial charge in [-0.2, -0.15) is 0 Å². The van der Waals surface area contributed by atoms with Gasteiger partial charge in [-0.3, -0.25) is 0 Å². The second-order valence-corrected chi connectivity index (χ2v) is 6.60. The highest BCUT2D eigenvalue weighted by molar-refractivity contribution is 7.89. The Morgan fingerprint density at radius 2 is 2.17 bits per heavy atom. The molecule has 1 atom stereocenters. The van der Waals surface area contributed by atoms with E-state index in [-0.39, 0.29) is 11.8 Å². The van der Waals surface area contributed by atoms with Crippen LogP contribution in [0.5, 0.6) is 0 Å². The van der Waals surface area contributed by atoms with Gasteiger partial charge in [0.2, 0.25) is 10.0 Å². The van der Waals surface area contributed by atoms with Gasteiger partial charge in [0, 0.05) is 18.3 Å². The lowest BCUT2D eigenvalue weighted by molar-refractivity contribution is 0.546. The van der Waals surface area contributed by atoms with E-state index in [9.17, 15) is 8.42 Å². The molecule has 1 aromatic carbocycles. The van der Waals surface area contributed by atoms with Crippen LogP contribution in [-0.2, 0) is 16.4 Å². The third kappa shape index (κ3) is 3.46. The fourth-order valence-electron chi connectivity index (χ4n) is 2.17. The van der Waals surface area contributed by atoms with Gasteiger partial charge in [0.25, 0.3) is 0 Å². The first kappa shape index (κ1) is 13.4. The molecule has 0 aromatic heterocycles. The monoisotopic (exact) mass is 268 g/mol. The van der Waals surface area contributed by atoms with Crippen molar-refractivity contribution in [3.8, 4) is 0 Å². The van der Waals surface area contributed by atoms with Gasteiger partial charge in [-0.15, -0.1) is 0 Å². The number of unbranched alkanes of at least 4 members (excludes halogenated alkanes) is 1. The number of rotatable bonds is 5. The quantitative estimate of drug-likeness (QED) is 0.855. The summed E-state index contributed by atoms with van der Waals surface area (Å²) in [6.45, 7) is 2.65. The standard InChI is InChI=1S/C13H20N2O2S/c1-2-3-8-18(16,17)15-12-9-11-6-4-5-7-13(11)14-10-12/h4-7,12,14-15H,2-3,8-10H2,1H3. The third-order valence-electron chi connectivity index (χ3n) is 3.14. The zero-order chi connectivity index (χ0) is 13.0. The smallest absolute Gasteiger partial charge is 0.211 e. The van der Waals surface area contributed by atoms with Crippen LogP contribution in [0.4, 0.5) is 5.69 Å². The van der Waals surface area contributed by atoms with Crippen molar-refractivity contribution < 1.29 is 8.42 Å². The predicted octanol–water partition coefficient (Wildman–Crippen LogP) is 1.74. The molecule has 1 unspecified atom stereocenters. The number of para-hydroxylation sites is 1. The molecular weight excluding hydrogens is 248 g/mol. The molecule has 4 nitrogen and oxygen atoms in total. The molecular formula is C13H20N2O2S. The molecule has 0 fully saturated rings. The van der Waals surface area contributed by atoms with E-state index >= 15 is 0 Å². The molecule has 0 radical (unpaired) electrons. The molecule has 100 valence electrons. The van der Waals surface area contributed by atoms with Crippen LogP contribution in [0.2, 0.25) is 0 Å². The Bertz CT molecular complexity index is 499. The first-order chi connectivity index (χ1) is 8.61. The van der Waals surface area contributed by atoms with Crippen LogP contribution in [-0.4, -0.2) is 26.8 Å². The number of sulfonamides is 1. The summed E-state index contributed by atoms with van der Waals surface area (Å²) in [6, 6.07) is 7.99. The van der Waals surface area contributed by atoms with Gasteiger partial charge in [0.1, 0.15) is 0 Å². The lowest BCUT2D eigenvalue weighted by Gasteiger charge is -2.26. The van der Waals surface area contributed by atoms with Gasteiger partial charge in [-0.25, -0.2) is 13.1 Å². The van der Waals surface area contributed by atoms with Gasteiger partial charge in [0.05, 0.1) is 5.75 Å². The summed E-state index contributed by atoms with van der Waals surface area (Å²) < 4.78 is 26.4. The molecule has 18 heavy (non-hydrogen) atoms. The zero-order valence-corrected chi connectivity index (χ0v) is 11.5. The summed E-state index contributed by atoms with van der Waals surface area (Å²) in [7, 11) is -3.14. The minimum absolute atomic E-state index is 0.0400. The van der Waals surface area contributed by atoms with Crippen LogP contribution < -0.4 is 10.0 Å². The average Bonchev–Trinajstić information content (AvgIpc) is 2.36. The van der Waals surface area contributed by atoms with Gasteiger partial charge in [-0.1, -0.05) is 31.5 Å². The zero-order valence-electron chi connectivity index (χ0n) is 10.6. The number of fused-ring (bicyclic) bond motifs is 1.